The second kappa shape index (κ2) is 6.37. The molecule has 0 bridgehead atoms. The molecule has 3 N–H and O–H groups in total. The van der Waals surface area contributed by atoms with Gasteiger partial charge in [0.05, 0.1) is 12.6 Å². The summed E-state index contributed by atoms with van der Waals surface area (Å²) in [7, 11) is 1.69. The van der Waals surface area contributed by atoms with E-state index in [1.807, 2.05) is 13.8 Å². The molecule has 0 aliphatic heterocycles. The molecular weight excluding hydrogens is 182 g/mol. The fraction of sp³-hybridized carbons (Fsp3) is 0.778. The number of amides is 2. The van der Waals surface area contributed by atoms with Crippen molar-refractivity contribution < 1.29 is 9.59 Å². The molecule has 0 aromatic heterocycles. The molecular formula is C9H19N3O2. The van der Waals surface area contributed by atoms with Crippen LogP contribution in [-0.4, -0.2) is 42.9 Å². The number of rotatable bonds is 5. The highest BCUT2D eigenvalue weighted by atomic mass is 16.2. The molecule has 0 aromatic rings. The Hall–Kier alpha value is -1.10. The average Bonchev–Trinajstić information content (AvgIpc) is 2.22. The summed E-state index contributed by atoms with van der Waals surface area (Å²) in [6.45, 7) is 4.35. The lowest BCUT2D eigenvalue weighted by atomic mass is 10.2. The van der Waals surface area contributed by atoms with Gasteiger partial charge in [-0.1, -0.05) is 6.92 Å². The molecule has 0 heterocycles. The molecule has 1 atom stereocenters. The first-order chi connectivity index (χ1) is 6.52. The van der Waals surface area contributed by atoms with E-state index in [-0.39, 0.29) is 18.4 Å². The highest BCUT2D eigenvalue weighted by molar-refractivity contribution is 5.87. The minimum atomic E-state index is -0.519. The lowest BCUT2D eigenvalue weighted by Gasteiger charge is -2.15. The number of nitrogens with zero attached hydrogens (tertiary/aromatic N) is 1. The van der Waals surface area contributed by atoms with Crippen LogP contribution in [0, 0.1) is 0 Å². The Bertz CT molecular complexity index is 184. The van der Waals surface area contributed by atoms with E-state index in [1.54, 1.807) is 7.05 Å². The third-order valence-corrected chi connectivity index (χ3v) is 2.09. The van der Waals surface area contributed by atoms with Gasteiger partial charge in [-0.25, -0.2) is 0 Å². The topological polar surface area (TPSA) is 75.4 Å². The summed E-state index contributed by atoms with van der Waals surface area (Å²) in [5, 5.41) is 2.49. The molecule has 14 heavy (non-hydrogen) atoms. The minimum Gasteiger partial charge on any atom is -0.346 e. The van der Waals surface area contributed by atoms with Crippen LogP contribution in [0.15, 0.2) is 0 Å². The van der Waals surface area contributed by atoms with Crippen molar-refractivity contribution in [3.05, 3.63) is 0 Å². The van der Waals surface area contributed by atoms with Gasteiger partial charge < -0.3 is 16.0 Å². The summed E-state index contributed by atoms with van der Waals surface area (Å²) >= 11 is 0. The maximum absolute atomic E-state index is 11.3. The van der Waals surface area contributed by atoms with E-state index in [2.05, 4.69) is 5.32 Å². The number of nitrogens with two attached hydrogens (primary N) is 1. The van der Waals surface area contributed by atoms with Crippen LogP contribution in [0.2, 0.25) is 0 Å². The number of hydrogen-bond donors (Lipinski definition) is 2. The van der Waals surface area contributed by atoms with E-state index in [0.717, 1.165) is 0 Å². The molecule has 5 heteroatoms. The lowest BCUT2D eigenvalue weighted by molar-refractivity contribution is -0.132. The first-order valence-electron chi connectivity index (χ1n) is 4.80. The van der Waals surface area contributed by atoms with Crippen LogP contribution in [0.3, 0.4) is 0 Å². The first-order valence-corrected chi connectivity index (χ1v) is 4.80. The van der Waals surface area contributed by atoms with Gasteiger partial charge in [0, 0.05) is 13.6 Å². The van der Waals surface area contributed by atoms with Crippen molar-refractivity contribution in [2.75, 3.05) is 20.1 Å². The predicted octanol–water partition coefficient (Wildman–Crippen LogP) is -0.682. The van der Waals surface area contributed by atoms with E-state index < -0.39 is 6.04 Å². The zero-order valence-electron chi connectivity index (χ0n) is 9.04. The molecule has 0 saturated heterocycles. The van der Waals surface area contributed by atoms with Gasteiger partial charge in [0.1, 0.15) is 0 Å². The molecule has 5 nitrogen and oxygen atoms in total. The molecule has 0 unspecified atom stereocenters. The van der Waals surface area contributed by atoms with Gasteiger partial charge in [0.15, 0.2) is 0 Å². The fourth-order valence-electron chi connectivity index (χ4n) is 0.791. The highest BCUT2D eigenvalue weighted by Gasteiger charge is 2.13. The van der Waals surface area contributed by atoms with Gasteiger partial charge in [0.2, 0.25) is 11.8 Å². The standard InChI is InChI=1S/C9H19N3O2/c1-4-7(10)9(14)11-6-8(13)12(3)5-2/h7H,4-6,10H2,1-3H3,(H,11,14)/t7-/m1/s1. The van der Waals surface area contributed by atoms with E-state index in [9.17, 15) is 9.59 Å². The maximum Gasteiger partial charge on any atom is 0.241 e. The third kappa shape index (κ3) is 4.23. The summed E-state index contributed by atoms with van der Waals surface area (Å²) in [4.78, 5) is 24.0. The van der Waals surface area contributed by atoms with Crippen molar-refractivity contribution in [2.24, 2.45) is 5.73 Å². The van der Waals surface area contributed by atoms with Crippen molar-refractivity contribution in [3.63, 3.8) is 0 Å². The van der Waals surface area contributed by atoms with Gasteiger partial charge in [-0.15, -0.1) is 0 Å². The summed E-state index contributed by atoms with van der Waals surface area (Å²) < 4.78 is 0. The lowest BCUT2D eigenvalue weighted by Crippen LogP contribution is -2.44. The molecule has 0 saturated carbocycles. The van der Waals surface area contributed by atoms with E-state index >= 15 is 0 Å². The normalized spacial score (nSPS) is 12.0. The SMILES string of the molecule is CC[C@@H](N)C(=O)NCC(=O)N(C)CC. The largest absolute Gasteiger partial charge is 0.346 e. The molecule has 0 aliphatic rings. The van der Waals surface area contributed by atoms with Crippen LogP contribution in [0.4, 0.5) is 0 Å². The molecule has 0 aliphatic carbocycles. The summed E-state index contributed by atoms with van der Waals surface area (Å²) in [6.07, 6.45) is 0.573. The van der Waals surface area contributed by atoms with Gasteiger partial charge >= 0.3 is 0 Å². The van der Waals surface area contributed by atoms with Crippen molar-refractivity contribution in [3.8, 4) is 0 Å². The Balaban J connectivity index is 3.83. The number of hydrogen-bond acceptors (Lipinski definition) is 3. The van der Waals surface area contributed by atoms with Crippen LogP contribution in [-0.2, 0) is 9.59 Å². The Morgan fingerprint density at radius 2 is 2.00 bits per heavy atom. The number of carbonyl (C=O) groups is 2. The van der Waals surface area contributed by atoms with E-state index in [0.29, 0.717) is 13.0 Å². The monoisotopic (exact) mass is 201 g/mol. The highest BCUT2D eigenvalue weighted by Crippen LogP contribution is 1.86. The summed E-state index contributed by atoms with van der Waals surface area (Å²) in [5.41, 5.74) is 5.47. The molecule has 82 valence electrons. The van der Waals surface area contributed by atoms with Gasteiger partial charge in [-0.2, -0.15) is 0 Å². The molecule has 0 spiro atoms. The van der Waals surface area contributed by atoms with Gasteiger partial charge in [-0.3, -0.25) is 9.59 Å². The zero-order valence-corrected chi connectivity index (χ0v) is 9.04. The molecule has 0 rings (SSSR count). The van der Waals surface area contributed by atoms with Crippen LogP contribution < -0.4 is 11.1 Å². The fourth-order valence-corrected chi connectivity index (χ4v) is 0.791. The van der Waals surface area contributed by atoms with Crippen molar-refractivity contribution >= 4 is 11.8 Å². The number of nitrogens with one attached hydrogen (secondary N) is 1. The first kappa shape index (κ1) is 12.9. The summed E-state index contributed by atoms with van der Waals surface area (Å²) in [6, 6.07) is -0.519. The second-order valence-electron chi connectivity index (χ2n) is 3.14. The molecule has 2 amide bonds. The summed E-state index contributed by atoms with van der Waals surface area (Å²) in [5.74, 6) is -0.380. The van der Waals surface area contributed by atoms with E-state index in [4.69, 9.17) is 5.73 Å². The zero-order chi connectivity index (χ0) is 11.1. The second-order valence-corrected chi connectivity index (χ2v) is 3.14. The Labute approximate surface area is 84.6 Å². The Morgan fingerprint density at radius 1 is 1.43 bits per heavy atom. The van der Waals surface area contributed by atoms with Crippen LogP contribution in [0.5, 0.6) is 0 Å². The molecule has 0 fully saturated rings. The number of likely N-dealkylation sites (N-methyl/N-ethyl adjacent to an activating group) is 1. The minimum absolute atomic E-state index is 0.0247. The van der Waals surface area contributed by atoms with Crippen LogP contribution in [0.25, 0.3) is 0 Å². The van der Waals surface area contributed by atoms with Crippen molar-refractivity contribution in [1.29, 1.82) is 0 Å². The predicted molar refractivity (Wildman–Crippen MR) is 54.6 cm³/mol. The van der Waals surface area contributed by atoms with Crippen LogP contribution in [0.1, 0.15) is 20.3 Å². The van der Waals surface area contributed by atoms with Gasteiger partial charge in [0.25, 0.3) is 0 Å². The van der Waals surface area contributed by atoms with E-state index in [1.165, 1.54) is 4.90 Å². The van der Waals surface area contributed by atoms with Crippen molar-refractivity contribution in [1.82, 2.24) is 10.2 Å². The molecule has 0 aromatic carbocycles. The number of carbonyl (C=O) groups excluding carboxylic acids is 2. The quantitative estimate of drug-likeness (QED) is 0.618. The third-order valence-electron chi connectivity index (χ3n) is 2.09. The Morgan fingerprint density at radius 3 is 2.43 bits per heavy atom. The smallest absolute Gasteiger partial charge is 0.241 e. The van der Waals surface area contributed by atoms with Gasteiger partial charge in [-0.05, 0) is 13.3 Å². The Kier molecular flexibility index (Phi) is 5.87. The van der Waals surface area contributed by atoms with Crippen molar-refractivity contribution in [2.45, 2.75) is 26.3 Å². The maximum atomic E-state index is 11.3. The van der Waals surface area contributed by atoms with Crippen LogP contribution >= 0.6 is 0 Å². The molecule has 0 radical (unpaired) electrons. The average molecular weight is 201 g/mol.